The zero-order valence-electron chi connectivity index (χ0n) is 16.0. The van der Waals surface area contributed by atoms with Crippen molar-refractivity contribution in [3.05, 3.63) is 78.1 Å². The SMILES string of the molecule is O=C(Nc1ccc(C(F)(F)F)cc1)Nc1c[nH]c2ncc(-c3ccccc3CO)cc12. The molecule has 0 bridgehead atoms. The first-order valence-electron chi connectivity index (χ1n) is 9.26. The van der Waals surface area contributed by atoms with Crippen molar-refractivity contribution in [1.82, 2.24) is 9.97 Å². The number of aliphatic hydroxyl groups is 1. The second-order valence-electron chi connectivity index (χ2n) is 6.79. The summed E-state index contributed by atoms with van der Waals surface area (Å²) in [7, 11) is 0. The number of carbonyl (C=O) groups excluding carboxylic acids is 1. The number of halogens is 3. The third kappa shape index (κ3) is 4.36. The first-order valence-corrected chi connectivity index (χ1v) is 9.26. The lowest BCUT2D eigenvalue weighted by molar-refractivity contribution is -0.137. The van der Waals surface area contributed by atoms with Gasteiger partial charge in [-0.2, -0.15) is 13.2 Å². The minimum atomic E-state index is -4.44. The van der Waals surface area contributed by atoms with Crippen molar-refractivity contribution >= 4 is 28.4 Å². The summed E-state index contributed by atoms with van der Waals surface area (Å²) in [6.45, 7) is -0.123. The largest absolute Gasteiger partial charge is 0.416 e. The number of alkyl halides is 3. The summed E-state index contributed by atoms with van der Waals surface area (Å²) >= 11 is 0. The number of carbonyl (C=O) groups is 1. The van der Waals surface area contributed by atoms with E-state index in [9.17, 15) is 23.1 Å². The number of anilines is 2. The van der Waals surface area contributed by atoms with E-state index in [1.165, 1.54) is 12.1 Å². The molecule has 0 spiro atoms. The Kier molecular flexibility index (Phi) is 5.35. The Labute approximate surface area is 174 Å². The second-order valence-corrected chi connectivity index (χ2v) is 6.79. The van der Waals surface area contributed by atoms with E-state index < -0.39 is 17.8 Å². The predicted octanol–water partition coefficient (Wildman–Crippen LogP) is 5.39. The number of amides is 2. The second kappa shape index (κ2) is 8.11. The molecule has 2 aromatic heterocycles. The molecule has 0 fully saturated rings. The van der Waals surface area contributed by atoms with Crippen LogP contribution in [0.4, 0.5) is 29.3 Å². The minimum Gasteiger partial charge on any atom is -0.392 e. The van der Waals surface area contributed by atoms with E-state index in [-0.39, 0.29) is 12.3 Å². The van der Waals surface area contributed by atoms with Crippen LogP contribution in [0.3, 0.4) is 0 Å². The van der Waals surface area contributed by atoms with Gasteiger partial charge in [-0.25, -0.2) is 9.78 Å². The highest BCUT2D eigenvalue weighted by molar-refractivity contribution is 6.06. The molecular weight excluding hydrogens is 409 g/mol. The minimum absolute atomic E-state index is 0.123. The van der Waals surface area contributed by atoms with Crippen LogP contribution < -0.4 is 10.6 Å². The van der Waals surface area contributed by atoms with Gasteiger partial charge in [0.1, 0.15) is 5.65 Å². The van der Waals surface area contributed by atoms with Crippen LogP contribution in [0.5, 0.6) is 0 Å². The lowest BCUT2D eigenvalue weighted by Crippen LogP contribution is -2.19. The number of hydrogen-bond acceptors (Lipinski definition) is 3. The normalized spacial score (nSPS) is 11.5. The Hall–Kier alpha value is -3.85. The number of aliphatic hydroxyl groups excluding tert-OH is 1. The zero-order chi connectivity index (χ0) is 22.0. The van der Waals surface area contributed by atoms with Gasteiger partial charge in [-0.3, -0.25) is 0 Å². The molecule has 9 heteroatoms. The smallest absolute Gasteiger partial charge is 0.392 e. The van der Waals surface area contributed by atoms with Gasteiger partial charge in [-0.15, -0.1) is 0 Å². The van der Waals surface area contributed by atoms with Gasteiger partial charge in [0.25, 0.3) is 0 Å². The van der Waals surface area contributed by atoms with Crippen LogP contribution in [0, 0.1) is 0 Å². The van der Waals surface area contributed by atoms with E-state index in [0.29, 0.717) is 16.7 Å². The topological polar surface area (TPSA) is 90.0 Å². The van der Waals surface area contributed by atoms with E-state index in [4.69, 9.17) is 0 Å². The van der Waals surface area contributed by atoms with Gasteiger partial charge in [0.2, 0.25) is 0 Å². The number of nitrogens with zero attached hydrogens (tertiary/aromatic N) is 1. The van der Waals surface area contributed by atoms with Gasteiger partial charge in [0, 0.05) is 29.0 Å². The predicted molar refractivity (Wildman–Crippen MR) is 112 cm³/mol. The highest BCUT2D eigenvalue weighted by Gasteiger charge is 2.30. The number of H-pyrrole nitrogens is 1. The number of urea groups is 1. The molecule has 0 atom stereocenters. The first kappa shape index (κ1) is 20.4. The number of rotatable bonds is 4. The summed E-state index contributed by atoms with van der Waals surface area (Å²) in [4.78, 5) is 19.7. The van der Waals surface area contributed by atoms with Crippen molar-refractivity contribution < 1.29 is 23.1 Å². The van der Waals surface area contributed by atoms with E-state index in [1.54, 1.807) is 12.4 Å². The van der Waals surface area contributed by atoms with Crippen molar-refractivity contribution in [2.24, 2.45) is 0 Å². The van der Waals surface area contributed by atoms with Crippen LogP contribution in [0.25, 0.3) is 22.2 Å². The molecule has 4 aromatic rings. The number of aromatic amines is 1. The Morgan fingerprint density at radius 2 is 1.81 bits per heavy atom. The molecule has 0 aliphatic rings. The van der Waals surface area contributed by atoms with Gasteiger partial charge < -0.3 is 20.7 Å². The average molecular weight is 426 g/mol. The van der Waals surface area contributed by atoms with Crippen LogP contribution in [-0.2, 0) is 12.8 Å². The summed E-state index contributed by atoms with van der Waals surface area (Å²) in [6.07, 6.45) is -1.20. The molecule has 158 valence electrons. The monoisotopic (exact) mass is 426 g/mol. The molecule has 2 aromatic carbocycles. The Morgan fingerprint density at radius 3 is 2.52 bits per heavy atom. The quantitative estimate of drug-likeness (QED) is 0.353. The Morgan fingerprint density at radius 1 is 1.06 bits per heavy atom. The molecule has 0 unspecified atom stereocenters. The lowest BCUT2D eigenvalue weighted by Gasteiger charge is -2.10. The number of fused-ring (bicyclic) bond motifs is 1. The molecule has 31 heavy (non-hydrogen) atoms. The molecule has 0 aliphatic carbocycles. The number of aromatic nitrogens is 2. The fourth-order valence-corrected chi connectivity index (χ4v) is 3.22. The molecular formula is C22H17F3N4O2. The van der Waals surface area contributed by atoms with Crippen LogP contribution in [-0.4, -0.2) is 21.1 Å². The maximum absolute atomic E-state index is 12.7. The lowest BCUT2D eigenvalue weighted by atomic mass is 10.0. The number of nitrogens with one attached hydrogen (secondary N) is 3. The van der Waals surface area contributed by atoms with E-state index in [2.05, 4.69) is 20.6 Å². The Balaban J connectivity index is 1.55. The van der Waals surface area contributed by atoms with Gasteiger partial charge in [-0.1, -0.05) is 24.3 Å². The maximum Gasteiger partial charge on any atom is 0.416 e. The molecule has 4 rings (SSSR count). The third-order valence-electron chi connectivity index (χ3n) is 4.75. The summed E-state index contributed by atoms with van der Waals surface area (Å²) < 4.78 is 38.0. The van der Waals surface area contributed by atoms with E-state index >= 15 is 0 Å². The van der Waals surface area contributed by atoms with Gasteiger partial charge in [-0.05, 0) is 41.5 Å². The van der Waals surface area contributed by atoms with Crippen molar-refractivity contribution in [2.75, 3.05) is 10.6 Å². The molecule has 0 saturated carbocycles. The highest BCUT2D eigenvalue weighted by Crippen LogP contribution is 2.31. The summed E-state index contributed by atoms with van der Waals surface area (Å²) in [5.41, 5.74) is 2.76. The molecule has 0 saturated heterocycles. The fourth-order valence-electron chi connectivity index (χ4n) is 3.22. The van der Waals surface area contributed by atoms with Gasteiger partial charge >= 0.3 is 12.2 Å². The first-order chi connectivity index (χ1) is 14.8. The summed E-state index contributed by atoms with van der Waals surface area (Å²) in [5, 5.41) is 15.4. The molecule has 0 radical (unpaired) electrons. The average Bonchev–Trinajstić information content (AvgIpc) is 3.15. The highest BCUT2D eigenvalue weighted by atomic mass is 19.4. The van der Waals surface area contributed by atoms with Gasteiger partial charge in [0.15, 0.2) is 0 Å². The van der Waals surface area contributed by atoms with Crippen molar-refractivity contribution in [3.63, 3.8) is 0 Å². The zero-order valence-corrected chi connectivity index (χ0v) is 16.0. The van der Waals surface area contributed by atoms with Crippen molar-refractivity contribution in [2.45, 2.75) is 12.8 Å². The number of hydrogen-bond donors (Lipinski definition) is 4. The molecule has 2 amide bonds. The van der Waals surface area contributed by atoms with Crippen LogP contribution in [0.15, 0.2) is 67.0 Å². The Bertz CT molecular complexity index is 1230. The fraction of sp³-hybridized carbons (Fsp3) is 0.0909. The van der Waals surface area contributed by atoms with Crippen LogP contribution >= 0.6 is 0 Å². The van der Waals surface area contributed by atoms with Gasteiger partial charge in [0.05, 0.1) is 17.9 Å². The van der Waals surface area contributed by atoms with Crippen LogP contribution in [0.1, 0.15) is 11.1 Å². The molecule has 6 nitrogen and oxygen atoms in total. The summed E-state index contributed by atoms with van der Waals surface area (Å²) in [5.74, 6) is 0. The standard InChI is InChI=1S/C22H17F3N4O2/c23-22(24,25)15-5-7-16(8-6-15)28-21(31)29-19-11-27-20-18(19)9-14(10-26-20)17-4-2-1-3-13(17)12-30/h1-11,30H,12H2,(H,26,27)(H2,28,29,31). The van der Waals surface area contributed by atoms with Crippen LogP contribution in [0.2, 0.25) is 0 Å². The number of benzene rings is 2. The third-order valence-corrected chi connectivity index (χ3v) is 4.75. The molecule has 0 aliphatic heterocycles. The summed E-state index contributed by atoms with van der Waals surface area (Å²) in [6, 6.07) is 12.8. The molecule has 4 N–H and O–H groups in total. The number of pyridine rings is 1. The van der Waals surface area contributed by atoms with Crippen molar-refractivity contribution in [3.8, 4) is 11.1 Å². The van der Waals surface area contributed by atoms with Crippen molar-refractivity contribution in [1.29, 1.82) is 0 Å². The maximum atomic E-state index is 12.7. The van der Waals surface area contributed by atoms with E-state index in [0.717, 1.165) is 28.8 Å². The van der Waals surface area contributed by atoms with E-state index in [1.807, 2.05) is 30.3 Å². The molecule has 2 heterocycles.